The van der Waals surface area contributed by atoms with Crippen LogP contribution in [0.4, 0.5) is 0 Å². The van der Waals surface area contributed by atoms with Crippen molar-refractivity contribution in [3.05, 3.63) is 86.1 Å². The number of hydrogen-bond acceptors (Lipinski definition) is 6. The summed E-state index contributed by atoms with van der Waals surface area (Å²) in [5.74, 6) is -0.306. The molecule has 10 heteroatoms. The molecule has 36 heavy (non-hydrogen) atoms. The summed E-state index contributed by atoms with van der Waals surface area (Å²) < 4.78 is 16.5. The maximum absolute atomic E-state index is 13.6. The van der Waals surface area contributed by atoms with Gasteiger partial charge in [0.05, 0.1) is 32.6 Å². The highest BCUT2D eigenvalue weighted by atomic mass is 16.5. The van der Waals surface area contributed by atoms with Gasteiger partial charge in [0.15, 0.2) is 16.9 Å². The number of hydrogen-bond donors (Lipinski definition) is 0. The van der Waals surface area contributed by atoms with Crippen LogP contribution in [0.3, 0.4) is 0 Å². The Balaban J connectivity index is 1.81. The Labute approximate surface area is 208 Å². The second kappa shape index (κ2) is 10.9. The molecule has 0 aliphatic heterocycles. The van der Waals surface area contributed by atoms with Crippen molar-refractivity contribution in [3.8, 4) is 0 Å². The topological polar surface area (TPSA) is 102 Å². The molecule has 0 unspecified atom stereocenters. The number of aromatic nitrogens is 5. The van der Waals surface area contributed by atoms with E-state index in [0.29, 0.717) is 31.9 Å². The van der Waals surface area contributed by atoms with Gasteiger partial charge in [-0.1, -0.05) is 30.3 Å². The zero-order chi connectivity index (χ0) is 25.8. The molecule has 0 fully saturated rings. The van der Waals surface area contributed by atoms with Gasteiger partial charge in [-0.3, -0.25) is 18.7 Å². The zero-order valence-electron chi connectivity index (χ0n) is 21.1. The van der Waals surface area contributed by atoms with Gasteiger partial charge in [-0.25, -0.2) is 9.78 Å². The number of imidazole rings is 1. The Morgan fingerprint density at radius 1 is 0.944 bits per heavy atom. The number of ketones is 1. The van der Waals surface area contributed by atoms with Crippen molar-refractivity contribution in [3.63, 3.8) is 0 Å². The summed E-state index contributed by atoms with van der Waals surface area (Å²) in [6, 6.07) is 11.2. The van der Waals surface area contributed by atoms with Crippen molar-refractivity contribution in [1.29, 1.82) is 0 Å². The number of fused-ring (bicyclic) bond motifs is 1. The number of benzene rings is 1. The van der Waals surface area contributed by atoms with Crippen molar-refractivity contribution < 1.29 is 14.3 Å². The molecule has 190 valence electrons. The maximum Gasteiger partial charge on any atom is 0.333 e. The first-order valence-electron chi connectivity index (χ1n) is 11.8. The van der Waals surface area contributed by atoms with E-state index in [0.717, 1.165) is 21.5 Å². The molecule has 0 radical (unpaired) electrons. The lowest BCUT2D eigenvalue weighted by atomic mass is 10.1. The number of carbonyl (C=O) groups is 1. The summed E-state index contributed by atoms with van der Waals surface area (Å²) in [6.07, 6.45) is 1.53. The van der Waals surface area contributed by atoms with Crippen LogP contribution in [0.2, 0.25) is 0 Å². The molecule has 3 aromatic heterocycles. The molecule has 4 aromatic rings. The molecule has 0 bridgehead atoms. The van der Waals surface area contributed by atoms with Gasteiger partial charge in [0, 0.05) is 44.3 Å². The predicted molar refractivity (Wildman–Crippen MR) is 136 cm³/mol. The number of Topliss-reactive ketones (excluding diaryl/α,β-unsaturated/α-hetero) is 1. The third kappa shape index (κ3) is 4.82. The fraction of sp³-hybridized carbons (Fsp3) is 0.385. The van der Waals surface area contributed by atoms with E-state index >= 15 is 0 Å². The number of ether oxygens (including phenoxy) is 2. The second-order valence-corrected chi connectivity index (χ2v) is 8.70. The van der Waals surface area contributed by atoms with Crippen molar-refractivity contribution in [2.24, 2.45) is 0 Å². The van der Waals surface area contributed by atoms with Crippen LogP contribution in [0.1, 0.15) is 27.3 Å². The number of rotatable bonds is 11. The molecular weight excluding hydrogens is 462 g/mol. The van der Waals surface area contributed by atoms with Gasteiger partial charge < -0.3 is 18.6 Å². The molecule has 0 spiro atoms. The molecule has 0 N–H and O–H groups in total. The summed E-state index contributed by atoms with van der Waals surface area (Å²) in [5, 5.41) is 0. The lowest BCUT2D eigenvalue weighted by Crippen LogP contribution is -2.42. The molecule has 0 aliphatic rings. The van der Waals surface area contributed by atoms with E-state index < -0.39 is 11.2 Å². The molecule has 0 aliphatic carbocycles. The van der Waals surface area contributed by atoms with E-state index in [9.17, 15) is 14.4 Å². The van der Waals surface area contributed by atoms with Crippen molar-refractivity contribution >= 4 is 16.9 Å². The second-order valence-electron chi connectivity index (χ2n) is 8.70. The lowest BCUT2D eigenvalue weighted by molar-refractivity contribution is 0.0968. The number of carbonyl (C=O) groups excluding carboxylic acids is 1. The Morgan fingerprint density at radius 3 is 2.33 bits per heavy atom. The van der Waals surface area contributed by atoms with Crippen LogP contribution in [-0.4, -0.2) is 56.5 Å². The van der Waals surface area contributed by atoms with Crippen LogP contribution in [0, 0.1) is 13.8 Å². The SMILES string of the molecule is COCCn1c(C)cc(C(=O)Cn2c(=O)c3c(ncn3CCOC)n(Cc3ccccc3)c2=O)c1C. The maximum atomic E-state index is 13.6. The van der Waals surface area contributed by atoms with E-state index in [1.165, 1.54) is 10.9 Å². The Hall–Kier alpha value is -3.76. The summed E-state index contributed by atoms with van der Waals surface area (Å²) in [4.78, 5) is 44.9. The van der Waals surface area contributed by atoms with E-state index in [4.69, 9.17) is 9.47 Å². The number of nitrogens with zero attached hydrogens (tertiary/aromatic N) is 5. The van der Waals surface area contributed by atoms with Gasteiger partial charge in [0.1, 0.15) is 0 Å². The van der Waals surface area contributed by atoms with E-state index in [-0.39, 0.29) is 30.0 Å². The van der Waals surface area contributed by atoms with Crippen LogP contribution in [0.5, 0.6) is 0 Å². The van der Waals surface area contributed by atoms with Crippen LogP contribution >= 0.6 is 0 Å². The van der Waals surface area contributed by atoms with Gasteiger partial charge >= 0.3 is 5.69 Å². The largest absolute Gasteiger partial charge is 0.383 e. The molecule has 0 atom stereocenters. The molecule has 0 saturated heterocycles. The molecule has 10 nitrogen and oxygen atoms in total. The first-order chi connectivity index (χ1) is 17.4. The van der Waals surface area contributed by atoms with Crippen molar-refractivity contribution in [2.75, 3.05) is 27.4 Å². The van der Waals surface area contributed by atoms with Gasteiger partial charge in [0.25, 0.3) is 5.56 Å². The standard InChI is InChI=1S/C26H31N5O5/c1-18-14-21(19(2)29(18)11-13-36-4)22(32)16-31-25(33)23-24(27-17-28(23)10-12-35-3)30(26(31)34)15-20-8-6-5-7-9-20/h5-9,14,17H,10-13,15-16H2,1-4H3. The molecule has 0 amide bonds. The number of aryl methyl sites for hydroxylation is 1. The first kappa shape index (κ1) is 25.3. The third-order valence-electron chi connectivity index (χ3n) is 6.40. The van der Waals surface area contributed by atoms with Crippen LogP contribution < -0.4 is 11.2 Å². The van der Waals surface area contributed by atoms with Gasteiger partial charge in [0.2, 0.25) is 0 Å². The van der Waals surface area contributed by atoms with E-state index in [1.54, 1.807) is 24.9 Å². The van der Waals surface area contributed by atoms with E-state index in [1.807, 2.05) is 48.7 Å². The third-order valence-corrected chi connectivity index (χ3v) is 6.40. The average molecular weight is 494 g/mol. The Kier molecular flexibility index (Phi) is 7.66. The molecule has 1 aromatic carbocycles. The van der Waals surface area contributed by atoms with Crippen LogP contribution in [-0.2, 0) is 35.7 Å². The minimum absolute atomic E-state index is 0.220. The molecular formula is C26H31N5O5. The molecule has 0 saturated carbocycles. The fourth-order valence-electron chi connectivity index (χ4n) is 4.48. The van der Waals surface area contributed by atoms with Gasteiger partial charge in [-0.05, 0) is 25.5 Å². The minimum atomic E-state index is -0.574. The van der Waals surface area contributed by atoms with E-state index in [2.05, 4.69) is 4.98 Å². The smallest absolute Gasteiger partial charge is 0.333 e. The van der Waals surface area contributed by atoms with Crippen molar-refractivity contribution in [1.82, 2.24) is 23.3 Å². The summed E-state index contributed by atoms with van der Waals surface area (Å²) in [5.41, 5.74) is 2.48. The Bertz CT molecular complexity index is 1490. The highest BCUT2D eigenvalue weighted by molar-refractivity contribution is 5.97. The average Bonchev–Trinajstić information content (AvgIpc) is 3.42. The summed E-state index contributed by atoms with van der Waals surface area (Å²) in [7, 11) is 3.20. The van der Waals surface area contributed by atoms with Crippen LogP contribution in [0.15, 0.2) is 52.3 Å². The summed E-state index contributed by atoms with van der Waals surface area (Å²) >= 11 is 0. The molecule has 4 rings (SSSR count). The monoisotopic (exact) mass is 493 g/mol. The van der Waals surface area contributed by atoms with Gasteiger partial charge in [-0.2, -0.15) is 0 Å². The van der Waals surface area contributed by atoms with Gasteiger partial charge in [-0.15, -0.1) is 0 Å². The highest BCUT2D eigenvalue weighted by Crippen LogP contribution is 2.17. The fourth-order valence-corrected chi connectivity index (χ4v) is 4.48. The predicted octanol–water partition coefficient (Wildman–Crippen LogP) is 2.00. The number of methoxy groups -OCH3 is 2. The normalized spacial score (nSPS) is 11.4. The minimum Gasteiger partial charge on any atom is -0.383 e. The summed E-state index contributed by atoms with van der Waals surface area (Å²) in [6.45, 7) is 5.50. The molecule has 3 heterocycles. The van der Waals surface area contributed by atoms with Crippen LogP contribution in [0.25, 0.3) is 11.2 Å². The van der Waals surface area contributed by atoms with Crippen molar-refractivity contribution in [2.45, 2.75) is 40.0 Å². The lowest BCUT2D eigenvalue weighted by Gasteiger charge is -2.13. The highest BCUT2D eigenvalue weighted by Gasteiger charge is 2.22. The Morgan fingerprint density at radius 2 is 1.64 bits per heavy atom. The quantitative estimate of drug-likeness (QED) is 0.296. The first-order valence-corrected chi connectivity index (χ1v) is 11.8. The zero-order valence-corrected chi connectivity index (χ0v) is 21.1.